The standard InChI is InChI=1S/C12H13N3O3/c13-12(10(16)17)5-6-15(7-12)11-14-8-3-1-2-4-9(8)18-11/h1-4H,5-7,13H2,(H,16,17). The van der Waals surface area contributed by atoms with Crippen LogP contribution in [0.4, 0.5) is 6.01 Å². The van der Waals surface area contributed by atoms with E-state index >= 15 is 0 Å². The summed E-state index contributed by atoms with van der Waals surface area (Å²) in [5, 5.41) is 9.07. The zero-order valence-electron chi connectivity index (χ0n) is 9.67. The third-order valence-corrected chi connectivity index (χ3v) is 3.28. The van der Waals surface area contributed by atoms with Gasteiger partial charge in [-0.15, -0.1) is 0 Å². The van der Waals surface area contributed by atoms with Crippen LogP contribution in [0, 0.1) is 0 Å². The Balaban J connectivity index is 1.90. The number of fused-ring (bicyclic) bond motifs is 1. The summed E-state index contributed by atoms with van der Waals surface area (Å²) in [6.45, 7) is 0.755. The minimum atomic E-state index is -1.21. The fraction of sp³-hybridized carbons (Fsp3) is 0.333. The third kappa shape index (κ3) is 1.62. The van der Waals surface area contributed by atoms with Crippen molar-refractivity contribution in [1.82, 2.24) is 4.98 Å². The number of rotatable bonds is 2. The molecule has 0 amide bonds. The Kier molecular flexibility index (Phi) is 2.27. The van der Waals surface area contributed by atoms with E-state index in [2.05, 4.69) is 4.98 Å². The van der Waals surface area contributed by atoms with Gasteiger partial charge in [-0.2, -0.15) is 4.98 Å². The van der Waals surface area contributed by atoms with Gasteiger partial charge in [-0.05, 0) is 18.6 Å². The van der Waals surface area contributed by atoms with Gasteiger partial charge in [0, 0.05) is 6.54 Å². The second-order valence-corrected chi connectivity index (χ2v) is 4.60. The van der Waals surface area contributed by atoms with Crippen LogP contribution in [0.3, 0.4) is 0 Å². The minimum Gasteiger partial charge on any atom is -0.480 e. The lowest BCUT2D eigenvalue weighted by Crippen LogP contribution is -2.50. The van der Waals surface area contributed by atoms with Crippen molar-refractivity contribution >= 4 is 23.1 Å². The number of carbonyl (C=O) groups is 1. The molecule has 6 nitrogen and oxygen atoms in total. The highest BCUT2D eigenvalue weighted by atomic mass is 16.4. The summed E-state index contributed by atoms with van der Waals surface area (Å²) in [6.07, 6.45) is 0.390. The number of aromatic nitrogens is 1. The van der Waals surface area contributed by atoms with E-state index in [4.69, 9.17) is 15.3 Å². The summed E-state index contributed by atoms with van der Waals surface area (Å²) in [4.78, 5) is 17.2. The zero-order chi connectivity index (χ0) is 12.8. The Morgan fingerprint density at radius 3 is 2.94 bits per heavy atom. The van der Waals surface area contributed by atoms with Crippen LogP contribution in [0.5, 0.6) is 0 Å². The quantitative estimate of drug-likeness (QED) is 0.816. The predicted molar refractivity (Wildman–Crippen MR) is 65.4 cm³/mol. The lowest BCUT2D eigenvalue weighted by atomic mass is 10.0. The third-order valence-electron chi connectivity index (χ3n) is 3.28. The maximum Gasteiger partial charge on any atom is 0.325 e. The molecule has 1 atom stereocenters. The average Bonchev–Trinajstić information content (AvgIpc) is 2.92. The highest BCUT2D eigenvalue weighted by Gasteiger charge is 2.42. The topological polar surface area (TPSA) is 92.6 Å². The molecule has 0 radical (unpaired) electrons. The smallest absolute Gasteiger partial charge is 0.325 e. The molecule has 94 valence electrons. The summed E-state index contributed by atoms with van der Waals surface area (Å²) in [5.74, 6) is -0.985. The first-order valence-electron chi connectivity index (χ1n) is 5.71. The molecule has 0 bridgehead atoms. The first-order chi connectivity index (χ1) is 8.58. The Morgan fingerprint density at radius 2 is 2.28 bits per heavy atom. The van der Waals surface area contributed by atoms with Gasteiger partial charge in [-0.1, -0.05) is 12.1 Å². The molecule has 18 heavy (non-hydrogen) atoms. The van der Waals surface area contributed by atoms with Crippen LogP contribution < -0.4 is 10.6 Å². The highest BCUT2D eigenvalue weighted by molar-refractivity contribution is 5.81. The summed E-state index contributed by atoms with van der Waals surface area (Å²) in [5.41, 5.74) is 6.06. The van der Waals surface area contributed by atoms with Crippen LogP contribution in [0.1, 0.15) is 6.42 Å². The van der Waals surface area contributed by atoms with Gasteiger partial charge in [-0.3, -0.25) is 4.79 Å². The Hall–Kier alpha value is -2.08. The number of carboxylic acids is 1. The molecular formula is C12H13N3O3. The molecule has 0 saturated carbocycles. The fourth-order valence-electron chi connectivity index (χ4n) is 2.17. The number of aliphatic carboxylic acids is 1. The summed E-state index contributed by atoms with van der Waals surface area (Å²) in [6, 6.07) is 7.86. The van der Waals surface area contributed by atoms with E-state index < -0.39 is 11.5 Å². The number of anilines is 1. The summed E-state index contributed by atoms with van der Waals surface area (Å²) in [7, 11) is 0. The van der Waals surface area contributed by atoms with Gasteiger partial charge < -0.3 is 20.2 Å². The maximum absolute atomic E-state index is 11.1. The maximum atomic E-state index is 11.1. The van der Waals surface area contributed by atoms with Gasteiger partial charge in [0.2, 0.25) is 0 Å². The number of nitrogens with two attached hydrogens (primary N) is 1. The molecular weight excluding hydrogens is 234 g/mol. The molecule has 1 aliphatic heterocycles. The van der Waals surface area contributed by atoms with Crippen molar-refractivity contribution in [3.05, 3.63) is 24.3 Å². The van der Waals surface area contributed by atoms with E-state index in [1.807, 2.05) is 24.3 Å². The average molecular weight is 247 g/mol. The lowest BCUT2D eigenvalue weighted by Gasteiger charge is -2.18. The van der Waals surface area contributed by atoms with Crippen LogP contribution in [0.25, 0.3) is 11.1 Å². The van der Waals surface area contributed by atoms with Crippen molar-refractivity contribution < 1.29 is 14.3 Å². The minimum absolute atomic E-state index is 0.217. The Morgan fingerprint density at radius 1 is 1.50 bits per heavy atom. The number of hydrogen-bond donors (Lipinski definition) is 2. The number of para-hydroxylation sites is 2. The molecule has 1 fully saturated rings. The van der Waals surface area contributed by atoms with E-state index in [0.717, 1.165) is 5.52 Å². The molecule has 1 saturated heterocycles. The molecule has 3 N–H and O–H groups in total. The first kappa shape index (κ1) is 11.0. The van der Waals surface area contributed by atoms with Crippen molar-refractivity contribution in [2.45, 2.75) is 12.0 Å². The number of benzene rings is 1. The molecule has 2 heterocycles. The zero-order valence-corrected chi connectivity index (χ0v) is 9.67. The van der Waals surface area contributed by atoms with Gasteiger partial charge in [0.15, 0.2) is 5.58 Å². The van der Waals surface area contributed by atoms with Gasteiger partial charge in [-0.25, -0.2) is 0 Å². The van der Waals surface area contributed by atoms with E-state index in [1.54, 1.807) is 4.90 Å². The molecule has 1 aromatic heterocycles. The summed E-state index contributed by atoms with van der Waals surface area (Å²) >= 11 is 0. The van der Waals surface area contributed by atoms with Crippen LogP contribution in [-0.4, -0.2) is 34.7 Å². The van der Waals surface area contributed by atoms with Gasteiger partial charge in [0.05, 0.1) is 6.54 Å². The number of oxazole rings is 1. The molecule has 1 aliphatic rings. The fourth-order valence-corrected chi connectivity index (χ4v) is 2.17. The van der Waals surface area contributed by atoms with Crippen LogP contribution in [0.2, 0.25) is 0 Å². The first-order valence-corrected chi connectivity index (χ1v) is 5.71. The lowest BCUT2D eigenvalue weighted by molar-refractivity contribution is -0.142. The largest absolute Gasteiger partial charge is 0.480 e. The Bertz CT molecular complexity index is 576. The second kappa shape index (κ2) is 3.71. The van der Waals surface area contributed by atoms with E-state index in [0.29, 0.717) is 24.6 Å². The van der Waals surface area contributed by atoms with Crippen LogP contribution in [0.15, 0.2) is 28.7 Å². The van der Waals surface area contributed by atoms with Crippen LogP contribution >= 0.6 is 0 Å². The van der Waals surface area contributed by atoms with Crippen molar-refractivity contribution in [1.29, 1.82) is 0 Å². The van der Waals surface area contributed by atoms with Crippen molar-refractivity contribution in [2.75, 3.05) is 18.0 Å². The van der Waals surface area contributed by atoms with Gasteiger partial charge in [0.1, 0.15) is 11.1 Å². The SMILES string of the molecule is NC1(C(=O)O)CCN(c2nc3ccccc3o2)C1. The van der Waals surface area contributed by atoms with Crippen molar-refractivity contribution in [3.8, 4) is 0 Å². The monoisotopic (exact) mass is 247 g/mol. The molecule has 2 aromatic rings. The number of hydrogen-bond acceptors (Lipinski definition) is 5. The van der Waals surface area contributed by atoms with Gasteiger partial charge >= 0.3 is 5.97 Å². The molecule has 6 heteroatoms. The van der Waals surface area contributed by atoms with Crippen molar-refractivity contribution in [2.24, 2.45) is 5.73 Å². The molecule has 3 rings (SSSR count). The van der Waals surface area contributed by atoms with E-state index in [-0.39, 0.29) is 6.54 Å². The highest BCUT2D eigenvalue weighted by Crippen LogP contribution is 2.27. The van der Waals surface area contributed by atoms with Gasteiger partial charge in [0.25, 0.3) is 6.01 Å². The number of carboxylic acid groups (broad SMARTS) is 1. The number of nitrogens with zero attached hydrogens (tertiary/aromatic N) is 2. The van der Waals surface area contributed by atoms with E-state index in [9.17, 15) is 4.79 Å². The Labute approximate surface area is 103 Å². The molecule has 1 aromatic carbocycles. The molecule has 0 aliphatic carbocycles. The normalized spacial score (nSPS) is 23.7. The van der Waals surface area contributed by atoms with E-state index in [1.165, 1.54) is 0 Å². The van der Waals surface area contributed by atoms with Crippen LogP contribution in [-0.2, 0) is 4.79 Å². The summed E-state index contributed by atoms with van der Waals surface area (Å²) < 4.78 is 5.59. The molecule has 0 spiro atoms. The molecule has 1 unspecified atom stereocenters. The van der Waals surface area contributed by atoms with Crippen molar-refractivity contribution in [3.63, 3.8) is 0 Å². The second-order valence-electron chi connectivity index (χ2n) is 4.60. The predicted octanol–water partition coefficient (Wildman–Crippen LogP) is 0.820.